The number of carbonyl (C=O) groups excluding carboxylic acids is 2. The van der Waals surface area contributed by atoms with Crippen LogP contribution in [-0.4, -0.2) is 49.6 Å². The number of rotatable bonds is 9. The molecule has 1 aliphatic heterocycles. The maximum atomic E-state index is 13.6. The molecular formula is C34H38N2O5. The third kappa shape index (κ3) is 6.73. The molecule has 1 heterocycles. The number of amides is 2. The SMILES string of the molecule is COc1ccc(OC)c(CCNC(=O)c2ccc(/C=C3/OC4CCCCC4N(Cc4cccc(C)c4)C3=O)cc2)c1. The lowest BCUT2D eigenvalue weighted by atomic mass is 9.89. The van der Waals surface area contributed by atoms with Gasteiger partial charge in [0.1, 0.15) is 17.6 Å². The van der Waals surface area contributed by atoms with Crippen LogP contribution in [0.15, 0.2) is 72.5 Å². The molecule has 214 valence electrons. The van der Waals surface area contributed by atoms with E-state index in [2.05, 4.69) is 30.4 Å². The Kier molecular flexibility index (Phi) is 8.92. The van der Waals surface area contributed by atoms with Crippen LogP contribution in [-0.2, 0) is 22.5 Å². The summed E-state index contributed by atoms with van der Waals surface area (Å²) in [5.41, 5.74) is 4.64. The minimum Gasteiger partial charge on any atom is -0.497 e. The number of hydrogen-bond acceptors (Lipinski definition) is 5. The van der Waals surface area contributed by atoms with Crippen LogP contribution in [0.1, 0.15) is 58.3 Å². The molecule has 2 fully saturated rings. The van der Waals surface area contributed by atoms with E-state index in [9.17, 15) is 9.59 Å². The molecule has 1 aliphatic carbocycles. The standard InChI is InChI=1S/C34H38N2O5/c1-23-7-6-8-25(19-23)22-36-29-9-4-5-10-31(29)41-32(34(36)38)20-24-11-13-26(14-12-24)33(37)35-18-17-27-21-28(39-2)15-16-30(27)40-3/h6-8,11-16,19-21,29,31H,4-5,9-10,17-18,22H2,1-3H3,(H,35,37)/b32-20+. The predicted octanol–water partition coefficient (Wildman–Crippen LogP) is 5.70. The predicted molar refractivity (Wildman–Crippen MR) is 159 cm³/mol. The van der Waals surface area contributed by atoms with Gasteiger partial charge in [0.05, 0.1) is 20.3 Å². The molecule has 2 unspecified atom stereocenters. The summed E-state index contributed by atoms with van der Waals surface area (Å²) in [5, 5.41) is 2.97. The van der Waals surface area contributed by atoms with Crippen LogP contribution in [0.25, 0.3) is 6.08 Å². The molecular weight excluding hydrogens is 516 g/mol. The zero-order valence-corrected chi connectivity index (χ0v) is 24.0. The van der Waals surface area contributed by atoms with E-state index in [0.29, 0.717) is 30.8 Å². The highest BCUT2D eigenvalue weighted by Gasteiger charge is 2.41. The molecule has 5 rings (SSSR count). The van der Waals surface area contributed by atoms with Crippen LogP contribution in [0.4, 0.5) is 0 Å². The third-order valence-electron chi connectivity index (χ3n) is 7.89. The van der Waals surface area contributed by atoms with Gasteiger partial charge in [-0.15, -0.1) is 0 Å². The summed E-state index contributed by atoms with van der Waals surface area (Å²) in [6.45, 7) is 3.10. The van der Waals surface area contributed by atoms with E-state index in [-0.39, 0.29) is 24.0 Å². The van der Waals surface area contributed by atoms with Crippen LogP contribution in [0, 0.1) is 6.92 Å². The molecule has 3 aromatic carbocycles. The van der Waals surface area contributed by atoms with Crippen molar-refractivity contribution in [3.63, 3.8) is 0 Å². The van der Waals surface area contributed by atoms with Gasteiger partial charge in [-0.1, -0.05) is 48.4 Å². The van der Waals surface area contributed by atoms with Crippen molar-refractivity contribution in [3.05, 3.63) is 100 Å². The molecule has 7 heteroatoms. The van der Waals surface area contributed by atoms with E-state index in [1.165, 1.54) is 5.56 Å². The number of ether oxygens (including phenoxy) is 3. The normalized spacial score (nSPS) is 19.3. The van der Waals surface area contributed by atoms with Gasteiger partial charge in [0.2, 0.25) is 0 Å². The van der Waals surface area contributed by atoms with Gasteiger partial charge in [0.15, 0.2) is 5.76 Å². The lowest BCUT2D eigenvalue weighted by molar-refractivity contribution is -0.149. The highest BCUT2D eigenvalue weighted by Crippen LogP contribution is 2.34. The molecule has 3 aromatic rings. The number of methoxy groups -OCH3 is 2. The van der Waals surface area contributed by atoms with Crippen LogP contribution in [0.3, 0.4) is 0 Å². The van der Waals surface area contributed by atoms with Gasteiger partial charge in [-0.2, -0.15) is 0 Å². The van der Waals surface area contributed by atoms with E-state index >= 15 is 0 Å². The highest BCUT2D eigenvalue weighted by atomic mass is 16.5. The number of nitrogens with zero attached hydrogens (tertiary/aromatic N) is 1. The van der Waals surface area contributed by atoms with Gasteiger partial charge in [-0.25, -0.2) is 0 Å². The number of hydrogen-bond donors (Lipinski definition) is 1. The fraction of sp³-hybridized carbons (Fsp3) is 0.353. The largest absolute Gasteiger partial charge is 0.497 e. The molecule has 1 N–H and O–H groups in total. The van der Waals surface area contributed by atoms with Gasteiger partial charge >= 0.3 is 0 Å². The van der Waals surface area contributed by atoms with Crippen molar-refractivity contribution in [2.75, 3.05) is 20.8 Å². The summed E-state index contributed by atoms with van der Waals surface area (Å²) in [4.78, 5) is 28.4. The molecule has 2 amide bonds. The number of nitrogens with one attached hydrogen (secondary N) is 1. The summed E-state index contributed by atoms with van der Waals surface area (Å²) in [6.07, 6.45) is 6.53. The van der Waals surface area contributed by atoms with E-state index < -0.39 is 0 Å². The monoisotopic (exact) mass is 554 g/mol. The van der Waals surface area contributed by atoms with E-state index in [1.54, 1.807) is 32.4 Å². The Morgan fingerprint density at radius 3 is 2.59 bits per heavy atom. The number of morpholine rings is 1. The van der Waals surface area contributed by atoms with Crippen LogP contribution < -0.4 is 14.8 Å². The molecule has 1 saturated carbocycles. The van der Waals surface area contributed by atoms with Crippen molar-refractivity contribution in [1.29, 1.82) is 0 Å². The Morgan fingerprint density at radius 2 is 1.83 bits per heavy atom. The van der Waals surface area contributed by atoms with Crippen LogP contribution >= 0.6 is 0 Å². The van der Waals surface area contributed by atoms with E-state index in [4.69, 9.17) is 14.2 Å². The molecule has 7 nitrogen and oxygen atoms in total. The first kappa shape index (κ1) is 28.3. The fourth-order valence-electron chi connectivity index (χ4n) is 5.74. The zero-order valence-electron chi connectivity index (χ0n) is 24.0. The summed E-state index contributed by atoms with van der Waals surface area (Å²) >= 11 is 0. The summed E-state index contributed by atoms with van der Waals surface area (Å²) in [6, 6.07) is 21.3. The number of fused-ring (bicyclic) bond motifs is 1. The van der Waals surface area contributed by atoms with E-state index in [1.807, 2.05) is 41.3 Å². The maximum Gasteiger partial charge on any atom is 0.289 e. The average Bonchev–Trinajstić information content (AvgIpc) is 2.99. The van der Waals surface area contributed by atoms with Gasteiger partial charge < -0.3 is 24.4 Å². The lowest BCUT2D eigenvalue weighted by Crippen LogP contribution is -2.54. The Hall–Kier alpha value is -4.26. The molecule has 2 atom stereocenters. The molecule has 0 radical (unpaired) electrons. The summed E-state index contributed by atoms with van der Waals surface area (Å²) in [7, 11) is 3.25. The molecule has 0 aromatic heterocycles. The van der Waals surface area contributed by atoms with Crippen molar-refractivity contribution in [2.45, 2.75) is 57.7 Å². The lowest BCUT2D eigenvalue weighted by Gasteiger charge is -2.44. The molecule has 0 bridgehead atoms. The first-order valence-electron chi connectivity index (χ1n) is 14.3. The maximum absolute atomic E-state index is 13.6. The third-order valence-corrected chi connectivity index (χ3v) is 7.89. The van der Waals surface area contributed by atoms with Crippen LogP contribution in [0.2, 0.25) is 0 Å². The minimum absolute atomic E-state index is 0.00534. The topological polar surface area (TPSA) is 77.1 Å². The Bertz CT molecular complexity index is 1410. The molecule has 0 spiro atoms. The van der Waals surface area contributed by atoms with Crippen molar-refractivity contribution in [2.24, 2.45) is 0 Å². The second kappa shape index (κ2) is 12.9. The second-order valence-corrected chi connectivity index (χ2v) is 10.7. The van der Waals surface area contributed by atoms with Gasteiger partial charge in [0.25, 0.3) is 11.8 Å². The first-order chi connectivity index (χ1) is 19.9. The first-order valence-corrected chi connectivity index (χ1v) is 14.3. The number of benzene rings is 3. The van der Waals surface area contributed by atoms with Crippen molar-refractivity contribution >= 4 is 17.9 Å². The van der Waals surface area contributed by atoms with Gasteiger partial charge in [-0.3, -0.25) is 9.59 Å². The Morgan fingerprint density at radius 1 is 1.02 bits per heavy atom. The van der Waals surface area contributed by atoms with Gasteiger partial charge in [-0.05, 0) is 85.7 Å². The van der Waals surface area contributed by atoms with Crippen molar-refractivity contribution < 1.29 is 23.8 Å². The molecule has 1 saturated heterocycles. The van der Waals surface area contributed by atoms with E-state index in [0.717, 1.165) is 53.9 Å². The fourth-order valence-corrected chi connectivity index (χ4v) is 5.74. The molecule has 41 heavy (non-hydrogen) atoms. The quantitative estimate of drug-likeness (QED) is 0.344. The van der Waals surface area contributed by atoms with Crippen LogP contribution in [0.5, 0.6) is 11.5 Å². The van der Waals surface area contributed by atoms with Crippen molar-refractivity contribution in [1.82, 2.24) is 10.2 Å². The average molecular weight is 555 g/mol. The minimum atomic E-state index is -0.162. The van der Waals surface area contributed by atoms with Crippen molar-refractivity contribution in [3.8, 4) is 11.5 Å². The van der Waals surface area contributed by atoms with Gasteiger partial charge in [0, 0.05) is 18.7 Å². The summed E-state index contributed by atoms with van der Waals surface area (Å²) in [5.74, 6) is 1.63. The Balaban J connectivity index is 1.25. The molecule has 2 aliphatic rings. The number of carbonyl (C=O) groups is 2. The smallest absolute Gasteiger partial charge is 0.289 e. The zero-order chi connectivity index (χ0) is 28.8. The number of aryl methyl sites for hydroxylation is 1. The highest BCUT2D eigenvalue weighted by molar-refractivity contribution is 5.97. The summed E-state index contributed by atoms with van der Waals surface area (Å²) < 4.78 is 17.0. The Labute approximate surface area is 242 Å². The second-order valence-electron chi connectivity index (χ2n) is 10.7.